The summed E-state index contributed by atoms with van der Waals surface area (Å²) in [7, 11) is 0. The normalized spacial score (nSPS) is 22.8. The number of carbonyl (C=O) groups is 1. The Labute approximate surface area is 166 Å². The minimum Gasteiger partial charge on any atom is -0.337 e. The minimum absolute atomic E-state index is 0.0112. The second kappa shape index (κ2) is 7.78. The van der Waals surface area contributed by atoms with Crippen molar-refractivity contribution in [2.45, 2.75) is 38.1 Å². The largest absolute Gasteiger partial charge is 0.416 e. The van der Waals surface area contributed by atoms with Crippen molar-refractivity contribution in [3.05, 3.63) is 71.0 Å². The molecule has 2 aromatic rings. The second-order valence-corrected chi connectivity index (χ2v) is 7.92. The van der Waals surface area contributed by atoms with Crippen molar-refractivity contribution in [3.8, 4) is 0 Å². The van der Waals surface area contributed by atoms with E-state index in [4.69, 9.17) is 0 Å². The van der Waals surface area contributed by atoms with E-state index in [1.54, 1.807) is 17.0 Å². The van der Waals surface area contributed by atoms with Gasteiger partial charge in [-0.1, -0.05) is 24.3 Å². The second-order valence-electron chi connectivity index (χ2n) is 7.92. The molecule has 2 fully saturated rings. The topological polar surface area (TPSA) is 23.6 Å². The lowest BCUT2D eigenvalue weighted by molar-refractivity contribution is -0.146. The van der Waals surface area contributed by atoms with Gasteiger partial charge in [0, 0.05) is 19.6 Å². The average Bonchev–Trinajstić information content (AvgIpc) is 2.67. The highest BCUT2D eigenvalue weighted by Crippen LogP contribution is 2.33. The summed E-state index contributed by atoms with van der Waals surface area (Å²) in [4.78, 5) is 16.9. The zero-order valence-corrected chi connectivity index (χ0v) is 15.8. The lowest BCUT2D eigenvalue weighted by Crippen LogP contribution is -2.58. The molecule has 7 heteroatoms. The van der Waals surface area contributed by atoms with E-state index in [9.17, 15) is 22.4 Å². The number of fused-ring (bicyclic) bond motifs is 2. The Bertz CT molecular complexity index is 881. The summed E-state index contributed by atoms with van der Waals surface area (Å²) in [5.41, 5.74) is 0.842. The van der Waals surface area contributed by atoms with Crippen molar-refractivity contribution in [3.63, 3.8) is 0 Å². The third-order valence-corrected chi connectivity index (χ3v) is 5.83. The number of halogens is 4. The molecule has 2 aromatic carbocycles. The van der Waals surface area contributed by atoms with Crippen LogP contribution in [-0.2, 0) is 24.1 Å². The zero-order chi connectivity index (χ0) is 20.6. The van der Waals surface area contributed by atoms with Crippen LogP contribution in [0.5, 0.6) is 0 Å². The monoisotopic (exact) mass is 406 g/mol. The Balaban J connectivity index is 1.46. The number of likely N-dealkylation sites (tertiary alicyclic amines) is 2. The van der Waals surface area contributed by atoms with E-state index in [2.05, 4.69) is 4.90 Å². The molecule has 29 heavy (non-hydrogen) atoms. The number of nitrogens with zero attached hydrogens (tertiary/aromatic N) is 2. The fourth-order valence-electron chi connectivity index (χ4n) is 4.34. The van der Waals surface area contributed by atoms with Gasteiger partial charge in [-0.2, -0.15) is 13.2 Å². The van der Waals surface area contributed by atoms with Gasteiger partial charge in [0.2, 0.25) is 5.91 Å². The number of amides is 1. The van der Waals surface area contributed by atoms with Crippen molar-refractivity contribution in [1.82, 2.24) is 9.80 Å². The molecule has 3 nitrogen and oxygen atoms in total. The molecule has 2 aliphatic heterocycles. The van der Waals surface area contributed by atoms with Gasteiger partial charge < -0.3 is 4.90 Å². The molecule has 154 valence electrons. The lowest BCUT2D eigenvalue weighted by Gasteiger charge is -2.46. The maximum Gasteiger partial charge on any atom is 0.416 e. The predicted molar refractivity (Wildman–Crippen MR) is 100 cm³/mol. The van der Waals surface area contributed by atoms with Gasteiger partial charge in [0.15, 0.2) is 0 Å². The number of piperidine rings is 2. The van der Waals surface area contributed by atoms with Crippen LogP contribution in [0.25, 0.3) is 0 Å². The maximum atomic E-state index is 13.5. The van der Waals surface area contributed by atoms with Crippen molar-refractivity contribution >= 4 is 5.91 Å². The summed E-state index contributed by atoms with van der Waals surface area (Å²) in [6.07, 6.45) is -2.66. The molecule has 0 aliphatic carbocycles. The molecule has 0 N–H and O–H groups in total. The molecule has 2 saturated heterocycles. The van der Waals surface area contributed by atoms with Crippen LogP contribution in [0.4, 0.5) is 17.6 Å². The fourth-order valence-corrected chi connectivity index (χ4v) is 4.34. The molecule has 0 unspecified atom stereocenters. The van der Waals surface area contributed by atoms with Crippen molar-refractivity contribution in [1.29, 1.82) is 0 Å². The maximum absolute atomic E-state index is 13.5. The van der Waals surface area contributed by atoms with E-state index < -0.39 is 11.7 Å². The smallest absolute Gasteiger partial charge is 0.337 e. The molecule has 4 rings (SSSR count). The fraction of sp³-hybridized carbons (Fsp3) is 0.409. The summed E-state index contributed by atoms with van der Waals surface area (Å²) in [5.74, 6) is 0.0864. The highest BCUT2D eigenvalue weighted by molar-refractivity contribution is 5.83. The van der Waals surface area contributed by atoms with E-state index >= 15 is 0 Å². The number of rotatable bonds is 4. The Morgan fingerprint density at radius 2 is 1.76 bits per heavy atom. The Kier molecular flexibility index (Phi) is 5.34. The first-order valence-corrected chi connectivity index (χ1v) is 9.73. The van der Waals surface area contributed by atoms with Gasteiger partial charge in [0.05, 0.1) is 11.6 Å². The van der Waals surface area contributed by atoms with Gasteiger partial charge in [0.25, 0.3) is 0 Å². The summed E-state index contributed by atoms with van der Waals surface area (Å²) in [6.45, 7) is 2.22. The molecule has 0 aromatic heterocycles. The Hall–Kier alpha value is -2.41. The van der Waals surface area contributed by atoms with Crippen LogP contribution in [0.15, 0.2) is 48.5 Å². The third kappa shape index (κ3) is 4.45. The van der Waals surface area contributed by atoms with Crippen LogP contribution >= 0.6 is 0 Å². The average molecular weight is 406 g/mol. The van der Waals surface area contributed by atoms with Gasteiger partial charge in [0.1, 0.15) is 5.82 Å². The number of alkyl halides is 3. The number of benzene rings is 2. The molecule has 2 aliphatic rings. The SMILES string of the molecule is O=C1[C@H]2C[C@H](CCN2Cc2ccc(C(F)(F)F)cc2)CN1Cc1cccc(F)c1. The molecule has 0 saturated carbocycles. The van der Waals surface area contributed by atoms with Crippen LogP contribution < -0.4 is 0 Å². The molecule has 2 heterocycles. The molecular weight excluding hydrogens is 384 g/mol. The van der Waals surface area contributed by atoms with Crippen LogP contribution in [0.3, 0.4) is 0 Å². The predicted octanol–water partition coefficient (Wildman–Crippen LogP) is 4.47. The Morgan fingerprint density at radius 3 is 2.45 bits per heavy atom. The lowest BCUT2D eigenvalue weighted by atomic mass is 9.85. The van der Waals surface area contributed by atoms with Crippen molar-refractivity contribution in [2.75, 3.05) is 13.1 Å². The van der Waals surface area contributed by atoms with Gasteiger partial charge in [-0.05, 0) is 60.7 Å². The van der Waals surface area contributed by atoms with Crippen LogP contribution in [0, 0.1) is 11.7 Å². The van der Waals surface area contributed by atoms with Crippen molar-refractivity contribution < 1.29 is 22.4 Å². The molecule has 2 bridgehead atoms. The molecule has 0 radical (unpaired) electrons. The van der Waals surface area contributed by atoms with Crippen LogP contribution in [0.1, 0.15) is 29.5 Å². The first-order valence-electron chi connectivity index (χ1n) is 9.73. The molecule has 0 spiro atoms. The standard InChI is InChI=1S/C22H22F4N2O/c23-19-3-1-2-16(10-19)13-28-14-17-8-9-27(20(11-17)21(28)29)12-15-4-6-18(7-5-15)22(24,25)26/h1-7,10,17,20H,8-9,11-14H2/t17-,20+/m0/s1. The number of hydrogen-bond donors (Lipinski definition) is 0. The van der Waals surface area contributed by atoms with Gasteiger partial charge in [-0.25, -0.2) is 4.39 Å². The van der Waals surface area contributed by atoms with Crippen LogP contribution in [0.2, 0.25) is 0 Å². The van der Waals surface area contributed by atoms with Gasteiger partial charge in [-0.15, -0.1) is 0 Å². The summed E-state index contributed by atoms with van der Waals surface area (Å²) in [5, 5.41) is 0. The molecule has 1 amide bonds. The Morgan fingerprint density at radius 1 is 1.00 bits per heavy atom. The first kappa shape index (κ1) is 19.9. The van der Waals surface area contributed by atoms with Gasteiger partial charge >= 0.3 is 6.18 Å². The highest BCUT2D eigenvalue weighted by atomic mass is 19.4. The van der Waals surface area contributed by atoms with Crippen LogP contribution in [-0.4, -0.2) is 34.8 Å². The van der Waals surface area contributed by atoms with E-state index in [0.29, 0.717) is 25.6 Å². The molecular formula is C22H22F4N2O. The van der Waals surface area contributed by atoms with Crippen molar-refractivity contribution in [2.24, 2.45) is 5.92 Å². The summed E-state index contributed by atoms with van der Waals surface area (Å²) < 4.78 is 51.8. The first-order chi connectivity index (χ1) is 13.8. The third-order valence-electron chi connectivity index (χ3n) is 5.83. The minimum atomic E-state index is -4.35. The molecule has 2 atom stereocenters. The number of carbonyl (C=O) groups excluding carboxylic acids is 1. The van der Waals surface area contributed by atoms with E-state index in [1.807, 2.05) is 0 Å². The van der Waals surface area contributed by atoms with E-state index in [-0.39, 0.29) is 17.8 Å². The van der Waals surface area contributed by atoms with E-state index in [0.717, 1.165) is 42.6 Å². The summed E-state index contributed by atoms with van der Waals surface area (Å²) >= 11 is 0. The van der Waals surface area contributed by atoms with E-state index in [1.165, 1.54) is 24.3 Å². The summed E-state index contributed by atoms with van der Waals surface area (Å²) in [6, 6.07) is 11.1. The quantitative estimate of drug-likeness (QED) is 0.700. The highest BCUT2D eigenvalue weighted by Gasteiger charge is 2.41. The zero-order valence-electron chi connectivity index (χ0n) is 15.8. The number of hydrogen-bond acceptors (Lipinski definition) is 2. The van der Waals surface area contributed by atoms with Gasteiger partial charge in [-0.3, -0.25) is 9.69 Å².